The van der Waals surface area contributed by atoms with Crippen molar-refractivity contribution in [1.82, 2.24) is 30.2 Å². The average Bonchev–Trinajstić information content (AvgIpc) is 3.41. The highest BCUT2D eigenvalue weighted by atomic mass is 19.1. The number of aromatic nitrogens is 2. The summed E-state index contributed by atoms with van der Waals surface area (Å²) in [6, 6.07) is 5.38. The monoisotopic (exact) mass is 543 g/mol. The molecule has 1 saturated heterocycles. The zero-order valence-electron chi connectivity index (χ0n) is 23.0. The van der Waals surface area contributed by atoms with Crippen molar-refractivity contribution in [2.24, 2.45) is 0 Å². The van der Waals surface area contributed by atoms with Crippen LogP contribution in [-0.4, -0.2) is 89.0 Å². The number of anilines is 1. The fourth-order valence-corrected chi connectivity index (χ4v) is 4.57. The van der Waals surface area contributed by atoms with E-state index in [1.165, 1.54) is 23.0 Å². The van der Waals surface area contributed by atoms with Gasteiger partial charge in [0.25, 0.3) is 5.91 Å². The van der Waals surface area contributed by atoms with Gasteiger partial charge in [-0.2, -0.15) is 5.10 Å². The second kappa shape index (κ2) is 13.8. The number of nitrogens with zero attached hydrogens (tertiary/aromatic N) is 4. The molecule has 1 aromatic carbocycles. The van der Waals surface area contributed by atoms with E-state index in [1.807, 2.05) is 21.0 Å². The van der Waals surface area contributed by atoms with E-state index in [-0.39, 0.29) is 36.9 Å². The van der Waals surface area contributed by atoms with Gasteiger partial charge in [0, 0.05) is 44.7 Å². The Balaban J connectivity index is 1.60. The maximum atomic E-state index is 14.9. The lowest BCUT2D eigenvalue weighted by molar-refractivity contribution is -0.137. The molecule has 1 aliphatic heterocycles. The maximum absolute atomic E-state index is 14.9. The van der Waals surface area contributed by atoms with Crippen molar-refractivity contribution in [1.29, 1.82) is 0 Å². The van der Waals surface area contributed by atoms with E-state index in [9.17, 15) is 23.6 Å². The summed E-state index contributed by atoms with van der Waals surface area (Å²) in [5.41, 5.74) is 0.773. The predicted molar refractivity (Wildman–Crippen MR) is 144 cm³/mol. The van der Waals surface area contributed by atoms with Crippen LogP contribution in [0.4, 0.5) is 10.1 Å². The van der Waals surface area contributed by atoms with Gasteiger partial charge in [-0.3, -0.25) is 23.9 Å². The van der Waals surface area contributed by atoms with Gasteiger partial charge >= 0.3 is 0 Å². The van der Waals surface area contributed by atoms with Gasteiger partial charge < -0.3 is 25.8 Å². The van der Waals surface area contributed by atoms with Crippen LogP contribution < -0.4 is 16.0 Å². The van der Waals surface area contributed by atoms with E-state index in [2.05, 4.69) is 25.9 Å². The lowest BCUT2D eigenvalue weighted by Gasteiger charge is -2.37. The van der Waals surface area contributed by atoms with Gasteiger partial charge in [0.1, 0.15) is 17.6 Å². The molecule has 1 aromatic heterocycles. The Bertz CT molecular complexity index is 1170. The summed E-state index contributed by atoms with van der Waals surface area (Å²) in [5, 5.41) is 11.7. The minimum absolute atomic E-state index is 0.0529. The highest BCUT2D eigenvalue weighted by Crippen LogP contribution is 2.19. The molecular weight excluding hydrogens is 505 g/mol. The zero-order valence-corrected chi connectivity index (χ0v) is 23.0. The molecule has 0 radical (unpaired) electrons. The molecule has 3 N–H and O–H groups in total. The molecule has 2 aromatic rings. The minimum Gasteiger partial charge on any atom is -0.344 e. The first-order valence-corrected chi connectivity index (χ1v) is 13.3. The van der Waals surface area contributed by atoms with Crippen molar-refractivity contribution in [3.05, 3.63) is 47.5 Å². The zero-order chi connectivity index (χ0) is 28.5. The normalized spacial score (nSPS) is 14.7. The molecule has 0 aliphatic carbocycles. The number of carbonyl (C=O) groups is 4. The van der Waals surface area contributed by atoms with Gasteiger partial charge in [0.2, 0.25) is 17.7 Å². The summed E-state index contributed by atoms with van der Waals surface area (Å²) in [5.74, 6) is -2.19. The number of rotatable bonds is 11. The van der Waals surface area contributed by atoms with Gasteiger partial charge in [0.15, 0.2) is 0 Å². The van der Waals surface area contributed by atoms with E-state index in [0.29, 0.717) is 36.9 Å². The Hall–Kier alpha value is -3.80. The van der Waals surface area contributed by atoms with Crippen molar-refractivity contribution in [2.45, 2.75) is 58.2 Å². The molecule has 3 rings (SSSR count). The van der Waals surface area contributed by atoms with Crippen molar-refractivity contribution in [3.8, 4) is 0 Å². The number of nitrogens with one attached hydrogen (secondary N) is 3. The molecule has 11 nitrogen and oxygen atoms in total. The topological polar surface area (TPSA) is 129 Å². The highest BCUT2D eigenvalue weighted by molar-refractivity contribution is 5.98. The van der Waals surface area contributed by atoms with E-state index in [1.54, 1.807) is 24.0 Å². The minimum atomic E-state index is -0.819. The van der Waals surface area contributed by atoms with Crippen LogP contribution in [0.15, 0.2) is 30.5 Å². The summed E-state index contributed by atoms with van der Waals surface area (Å²) in [7, 11) is 4.04. The van der Waals surface area contributed by atoms with E-state index in [0.717, 1.165) is 12.8 Å². The molecule has 2 heterocycles. The number of hydrogen-bond donors (Lipinski definition) is 3. The Morgan fingerprint density at radius 3 is 2.44 bits per heavy atom. The Morgan fingerprint density at radius 2 is 1.82 bits per heavy atom. The summed E-state index contributed by atoms with van der Waals surface area (Å²) < 4.78 is 16.4. The number of piperidine rings is 1. The van der Waals surface area contributed by atoms with Gasteiger partial charge in [-0.1, -0.05) is 13.0 Å². The summed E-state index contributed by atoms with van der Waals surface area (Å²) in [6.45, 7) is 4.89. The van der Waals surface area contributed by atoms with Crippen molar-refractivity contribution < 1.29 is 23.6 Å². The summed E-state index contributed by atoms with van der Waals surface area (Å²) in [6.07, 6.45) is 3.53. The molecule has 212 valence electrons. The molecular formula is C27H38FN7O4. The molecule has 0 saturated carbocycles. The Labute approximate surface area is 228 Å². The molecule has 1 aliphatic rings. The molecule has 4 amide bonds. The SMILES string of the molecule is CCC(=O)NC(Cc1ccc(NC(=O)CNC(=O)c2ccnn2CC)c(F)c1)C(=O)N1CCC(N(C)C)CC1. The number of benzene rings is 1. The van der Waals surface area contributed by atoms with E-state index in [4.69, 9.17) is 0 Å². The van der Waals surface area contributed by atoms with Crippen LogP contribution in [0.5, 0.6) is 0 Å². The summed E-state index contributed by atoms with van der Waals surface area (Å²) >= 11 is 0. The molecule has 1 atom stereocenters. The Kier molecular flexibility index (Phi) is 10.6. The lowest BCUT2D eigenvalue weighted by atomic mass is 10.00. The first kappa shape index (κ1) is 29.8. The van der Waals surface area contributed by atoms with Crippen LogP contribution in [0, 0.1) is 5.82 Å². The third-order valence-corrected chi connectivity index (χ3v) is 6.87. The van der Waals surface area contributed by atoms with Crippen molar-refractivity contribution >= 4 is 29.3 Å². The lowest BCUT2D eigenvalue weighted by Crippen LogP contribution is -2.53. The summed E-state index contributed by atoms with van der Waals surface area (Å²) in [4.78, 5) is 54.0. The van der Waals surface area contributed by atoms with Gasteiger partial charge in [-0.25, -0.2) is 4.39 Å². The largest absolute Gasteiger partial charge is 0.344 e. The number of hydrogen-bond acceptors (Lipinski definition) is 6. The number of carbonyl (C=O) groups excluding carboxylic acids is 4. The molecule has 12 heteroatoms. The van der Waals surface area contributed by atoms with Crippen LogP contribution in [0.3, 0.4) is 0 Å². The standard InChI is InChI=1S/C27H38FN7O4/c1-5-24(36)32-22(27(39)34-13-10-19(11-14-34)33(3)4)16-18-7-8-21(20(28)15-18)31-25(37)17-29-26(38)23-9-12-30-35(23)6-2/h7-9,12,15,19,22H,5-6,10-11,13-14,16-17H2,1-4H3,(H,29,38)(H,31,37)(H,32,36). The van der Waals surface area contributed by atoms with Crippen LogP contribution in [-0.2, 0) is 27.3 Å². The highest BCUT2D eigenvalue weighted by Gasteiger charge is 2.30. The molecule has 0 bridgehead atoms. The molecule has 0 spiro atoms. The van der Waals surface area contributed by atoms with E-state index < -0.39 is 23.7 Å². The number of aryl methyl sites for hydroxylation is 1. The third-order valence-electron chi connectivity index (χ3n) is 6.87. The quantitative estimate of drug-likeness (QED) is 0.393. The first-order valence-electron chi connectivity index (χ1n) is 13.3. The molecule has 1 unspecified atom stereocenters. The average molecular weight is 544 g/mol. The Morgan fingerprint density at radius 1 is 1.10 bits per heavy atom. The fraction of sp³-hybridized carbons (Fsp3) is 0.519. The van der Waals surface area contributed by atoms with E-state index >= 15 is 0 Å². The van der Waals surface area contributed by atoms with Crippen LogP contribution in [0.25, 0.3) is 0 Å². The van der Waals surface area contributed by atoms with Gasteiger partial charge in [-0.05, 0) is 57.6 Å². The predicted octanol–water partition coefficient (Wildman–Crippen LogP) is 1.40. The number of likely N-dealkylation sites (tertiary alicyclic amines) is 1. The van der Waals surface area contributed by atoms with Crippen molar-refractivity contribution in [2.75, 3.05) is 39.0 Å². The second-order valence-corrected chi connectivity index (χ2v) is 9.78. The first-order chi connectivity index (χ1) is 18.6. The smallest absolute Gasteiger partial charge is 0.269 e. The molecule has 39 heavy (non-hydrogen) atoms. The third kappa shape index (κ3) is 8.09. The number of halogens is 1. The van der Waals surface area contributed by atoms with Crippen LogP contribution in [0.1, 0.15) is 49.2 Å². The van der Waals surface area contributed by atoms with Crippen molar-refractivity contribution in [3.63, 3.8) is 0 Å². The maximum Gasteiger partial charge on any atom is 0.269 e. The van der Waals surface area contributed by atoms with Gasteiger partial charge in [0.05, 0.1) is 12.2 Å². The number of amides is 4. The second-order valence-electron chi connectivity index (χ2n) is 9.78. The molecule has 1 fully saturated rings. The van der Waals surface area contributed by atoms with Crippen LogP contribution in [0.2, 0.25) is 0 Å². The van der Waals surface area contributed by atoms with Crippen LogP contribution >= 0.6 is 0 Å². The van der Waals surface area contributed by atoms with Gasteiger partial charge in [-0.15, -0.1) is 0 Å². The fourth-order valence-electron chi connectivity index (χ4n) is 4.57.